The molecular formula is C26H42O4. The van der Waals surface area contributed by atoms with Gasteiger partial charge in [-0.1, -0.05) is 41.0 Å². The maximum Gasteiger partial charge on any atom is 0.161 e. The smallest absolute Gasteiger partial charge is 0.161 e. The van der Waals surface area contributed by atoms with Gasteiger partial charge < -0.3 is 19.3 Å². The van der Waals surface area contributed by atoms with E-state index >= 15 is 0 Å². The van der Waals surface area contributed by atoms with E-state index in [0.717, 1.165) is 23.7 Å². The Kier molecular flexibility index (Phi) is 6.51. The fourth-order valence-electron chi connectivity index (χ4n) is 7.12. The molecule has 1 aromatic rings. The van der Waals surface area contributed by atoms with Crippen LogP contribution in [0.2, 0.25) is 0 Å². The molecule has 0 amide bonds. The highest BCUT2D eigenvalue weighted by molar-refractivity contribution is 5.51. The Morgan fingerprint density at radius 1 is 1.00 bits per heavy atom. The van der Waals surface area contributed by atoms with E-state index in [-0.39, 0.29) is 18.1 Å². The fraction of sp³-hybridized carbons (Fsp3) is 0.769. The van der Waals surface area contributed by atoms with Crippen LogP contribution in [0.5, 0.6) is 11.5 Å². The Morgan fingerprint density at radius 3 is 2.20 bits per heavy atom. The average Bonchev–Trinajstić information content (AvgIpc) is 2.71. The molecule has 0 saturated heterocycles. The van der Waals surface area contributed by atoms with Gasteiger partial charge in [0.1, 0.15) is 6.10 Å². The number of ether oxygens (including phenoxy) is 3. The molecule has 0 aromatic heterocycles. The second kappa shape index (κ2) is 8.35. The summed E-state index contributed by atoms with van der Waals surface area (Å²) in [5, 5.41) is 10.1. The van der Waals surface area contributed by atoms with E-state index in [1.54, 1.807) is 21.3 Å². The van der Waals surface area contributed by atoms with Crippen molar-refractivity contribution >= 4 is 0 Å². The molecule has 2 fully saturated rings. The van der Waals surface area contributed by atoms with Gasteiger partial charge in [0.25, 0.3) is 0 Å². The van der Waals surface area contributed by atoms with Crippen LogP contribution in [-0.4, -0.2) is 33.0 Å². The van der Waals surface area contributed by atoms with E-state index in [1.807, 2.05) is 6.07 Å². The lowest BCUT2D eigenvalue weighted by Gasteiger charge is -2.62. The molecule has 4 heteroatoms. The van der Waals surface area contributed by atoms with Gasteiger partial charge in [-0.05, 0) is 77.0 Å². The molecule has 2 unspecified atom stereocenters. The van der Waals surface area contributed by atoms with Crippen LogP contribution in [0.4, 0.5) is 0 Å². The zero-order valence-electron chi connectivity index (χ0n) is 20.3. The Bertz CT molecular complexity index is 754. The van der Waals surface area contributed by atoms with Gasteiger partial charge in [-0.3, -0.25) is 0 Å². The van der Waals surface area contributed by atoms with E-state index < -0.39 is 0 Å². The summed E-state index contributed by atoms with van der Waals surface area (Å²) >= 11 is 0. The molecule has 4 nitrogen and oxygen atoms in total. The number of methoxy groups -OCH3 is 3. The van der Waals surface area contributed by atoms with Crippen LogP contribution in [0.25, 0.3) is 0 Å². The van der Waals surface area contributed by atoms with Crippen LogP contribution >= 0.6 is 0 Å². The van der Waals surface area contributed by atoms with Crippen LogP contribution in [0.3, 0.4) is 0 Å². The van der Waals surface area contributed by atoms with Gasteiger partial charge in [0.2, 0.25) is 0 Å². The lowest BCUT2D eigenvalue weighted by molar-refractivity contribution is -0.0983. The first-order chi connectivity index (χ1) is 14.1. The van der Waals surface area contributed by atoms with E-state index in [4.69, 9.17) is 14.2 Å². The zero-order chi connectivity index (χ0) is 22.3. The predicted molar refractivity (Wildman–Crippen MR) is 121 cm³/mol. The lowest BCUT2D eigenvalue weighted by atomic mass is 9.43. The van der Waals surface area contributed by atoms with Crippen molar-refractivity contribution in [1.82, 2.24) is 0 Å². The van der Waals surface area contributed by atoms with E-state index in [2.05, 4.69) is 40.7 Å². The molecule has 2 aliphatic carbocycles. The first kappa shape index (κ1) is 23.4. The molecule has 0 heterocycles. The quantitative estimate of drug-likeness (QED) is 0.624. The highest BCUT2D eigenvalue weighted by atomic mass is 16.5. The van der Waals surface area contributed by atoms with Crippen LogP contribution in [0.15, 0.2) is 12.1 Å². The molecule has 0 radical (unpaired) electrons. The Morgan fingerprint density at radius 2 is 1.63 bits per heavy atom. The maximum atomic E-state index is 10.1. The van der Waals surface area contributed by atoms with Crippen molar-refractivity contribution in [3.05, 3.63) is 23.3 Å². The van der Waals surface area contributed by atoms with Crippen molar-refractivity contribution in [1.29, 1.82) is 0 Å². The summed E-state index contributed by atoms with van der Waals surface area (Å²) in [6.45, 7) is 12.3. The van der Waals surface area contributed by atoms with Crippen LogP contribution in [0.1, 0.15) is 84.0 Å². The molecule has 2 aliphatic rings. The number of fused-ring (bicyclic) bond motifs is 1. The van der Waals surface area contributed by atoms with Crippen molar-refractivity contribution < 1.29 is 19.3 Å². The first-order valence-electron chi connectivity index (χ1n) is 11.5. The van der Waals surface area contributed by atoms with E-state index in [0.29, 0.717) is 22.5 Å². The SMILES string of the molecule is COc1cc(C(CO)OC)c([C@]2(C)CCC3C(C)(C)CCC[C@]3(C)[C@H]2C)cc1OC. The third kappa shape index (κ3) is 3.54. The minimum Gasteiger partial charge on any atom is -0.493 e. The molecule has 2 saturated carbocycles. The maximum absolute atomic E-state index is 10.1. The monoisotopic (exact) mass is 418 g/mol. The van der Waals surface area contributed by atoms with Gasteiger partial charge in [-0.2, -0.15) is 0 Å². The molecule has 0 aliphatic heterocycles. The molecule has 170 valence electrons. The normalized spacial score (nSPS) is 34.2. The average molecular weight is 419 g/mol. The van der Waals surface area contributed by atoms with Crippen molar-refractivity contribution in [2.45, 2.75) is 78.2 Å². The molecule has 30 heavy (non-hydrogen) atoms. The highest BCUT2D eigenvalue weighted by Gasteiger charge is 2.57. The number of benzene rings is 1. The third-order valence-corrected chi connectivity index (χ3v) is 9.14. The predicted octanol–water partition coefficient (Wildman–Crippen LogP) is 5.90. The van der Waals surface area contributed by atoms with Crippen molar-refractivity contribution in [3.63, 3.8) is 0 Å². The summed E-state index contributed by atoms with van der Waals surface area (Å²) in [6, 6.07) is 4.15. The molecule has 1 N–H and O–H groups in total. The Hall–Kier alpha value is -1.26. The molecule has 5 atom stereocenters. The Labute approximate surface area is 183 Å². The van der Waals surface area contributed by atoms with Gasteiger partial charge in [0, 0.05) is 7.11 Å². The van der Waals surface area contributed by atoms with E-state index in [1.165, 1.54) is 31.2 Å². The minimum atomic E-state index is -0.378. The zero-order valence-corrected chi connectivity index (χ0v) is 20.3. The van der Waals surface area contributed by atoms with E-state index in [9.17, 15) is 5.11 Å². The van der Waals surface area contributed by atoms with Gasteiger partial charge in [-0.15, -0.1) is 0 Å². The minimum absolute atomic E-state index is 0.0283. The van der Waals surface area contributed by atoms with Crippen LogP contribution in [-0.2, 0) is 10.2 Å². The molecule has 0 spiro atoms. The van der Waals surface area contributed by atoms with Gasteiger partial charge >= 0.3 is 0 Å². The largest absolute Gasteiger partial charge is 0.493 e. The second-order valence-electron chi connectivity index (χ2n) is 10.8. The summed E-state index contributed by atoms with van der Waals surface area (Å²) in [7, 11) is 5.01. The fourth-order valence-corrected chi connectivity index (χ4v) is 7.12. The topological polar surface area (TPSA) is 47.9 Å². The summed E-state index contributed by atoms with van der Waals surface area (Å²) in [6.07, 6.45) is 5.90. The number of hydrogen-bond acceptors (Lipinski definition) is 4. The van der Waals surface area contributed by atoms with Gasteiger partial charge in [0.05, 0.1) is 20.8 Å². The molecular weight excluding hydrogens is 376 g/mol. The summed E-state index contributed by atoms with van der Waals surface area (Å²) in [5.41, 5.74) is 2.91. The number of aliphatic hydroxyl groups is 1. The number of aliphatic hydroxyl groups excluding tert-OH is 1. The van der Waals surface area contributed by atoms with Crippen LogP contribution < -0.4 is 9.47 Å². The number of rotatable bonds is 6. The molecule has 1 aromatic carbocycles. The highest BCUT2D eigenvalue weighted by Crippen LogP contribution is 2.65. The standard InChI is InChI=1S/C26H42O4/c1-17-25(4,13-10-23-24(2,3)11-9-12-26(17,23)5)19-15-21(29-7)20(28-6)14-18(19)22(16-27)30-8/h14-15,17,22-23,27H,9-13,16H2,1-8H3/t17-,22?,23?,25+,26+/m0/s1. The first-order valence-corrected chi connectivity index (χ1v) is 11.5. The Balaban J connectivity index is 2.16. The summed E-state index contributed by atoms with van der Waals surface area (Å²) in [5.74, 6) is 2.66. The van der Waals surface area contributed by atoms with Crippen molar-refractivity contribution in [2.75, 3.05) is 27.9 Å². The van der Waals surface area contributed by atoms with Gasteiger partial charge in [-0.25, -0.2) is 0 Å². The van der Waals surface area contributed by atoms with Crippen LogP contribution in [0, 0.1) is 22.7 Å². The van der Waals surface area contributed by atoms with Gasteiger partial charge in [0.15, 0.2) is 11.5 Å². The lowest BCUT2D eigenvalue weighted by Crippen LogP contribution is -2.55. The molecule has 0 bridgehead atoms. The third-order valence-electron chi connectivity index (χ3n) is 9.14. The second-order valence-corrected chi connectivity index (χ2v) is 10.8. The summed E-state index contributed by atoms with van der Waals surface area (Å²) < 4.78 is 17.0. The number of hydrogen-bond donors (Lipinski definition) is 1. The molecule has 3 rings (SSSR count). The van der Waals surface area contributed by atoms with Crippen molar-refractivity contribution in [3.8, 4) is 11.5 Å². The summed E-state index contributed by atoms with van der Waals surface area (Å²) in [4.78, 5) is 0. The van der Waals surface area contributed by atoms with Crippen molar-refractivity contribution in [2.24, 2.45) is 22.7 Å².